The van der Waals surface area contributed by atoms with Gasteiger partial charge in [0.25, 0.3) is 5.91 Å². The number of morpholine rings is 1. The molecule has 1 aromatic heterocycles. The first-order valence-corrected chi connectivity index (χ1v) is 18.2. The van der Waals surface area contributed by atoms with E-state index in [9.17, 15) is 13.2 Å². The molecule has 0 spiro atoms. The number of thiazole rings is 1. The Balaban J connectivity index is 1.33. The summed E-state index contributed by atoms with van der Waals surface area (Å²) in [5.41, 5.74) is 3.44. The van der Waals surface area contributed by atoms with Crippen molar-refractivity contribution >= 4 is 37.9 Å². The Morgan fingerprint density at radius 1 is 1.05 bits per heavy atom. The highest BCUT2D eigenvalue weighted by Crippen LogP contribution is 2.40. The molecule has 0 radical (unpaired) electrons. The monoisotopic (exact) mass is 609 g/mol. The molecule has 3 aliphatic rings. The molecule has 2 aliphatic heterocycles. The molecule has 2 aromatic carbocycles. The van der Waals surface area contributed by atoms with Crippen molar-refractivity contribution < 1.29 is 17.9 Å². The van der Waals surface area contributed by atoms with Crippen molar-refractivity contribution in [2.24, 2.45) is 5.92 Å². The molecule has 0 atom stereocenters. The van der Waals surface area contributed by atoms with Crippen LogP contribution in [0.25, 0.3) is 21.2 Å². The molecule has 1 amide bonds. The van der Waals surface area contributed by atoms with Gasteiger partial charge in [-0.2, -0.15) is 0 Å². The normalized spacial score (nSPS) is 21.9. The van der Waals surface area contributed by atoms with Crippen LogP contribution in [0.1, 0.15) is 79.9 Å². The molecule has 1 saturated carbocycles. The number of sulfone groups is 1. The fourth-order valence-electron chi connectivity index (χ4n) is 6.83. The smallest absolute Gasteiger partial charge is 0.280 e. The number of hydrogen-bond acceptors (Lipinski definition) is 7. The summed E-state index contributed by atoms with van der Waals surface area (Å²) in [6.45, 7) is 7.75. The van der Waals surface area contributed by atoms with Gasteiger partial charge in [-0.1, -0.05) is 68.5 Å². The fraction of sp³-hybridized carbons (Fsp3) is 0.576. The Labute approximate surface area is 254 Å². The van der Waals surface area contributed by atoms with E-state index in [1.54, 1.807) is 0 Å². The van der Waals surface area contributed by atoms with Crippen LogP contribution < -0.4 is 5.32 Å². The molecule has 7 nitrogen and oxygen atoms in total. The molecular formula is C33H43N3O4S2. The predicted molar refractivity (Wildman–Crippen MR) is 170 cm³/mol. The molecule has 2 saturated heterocycles. The average Bonchev–Trinajstić information content (AvgIpc) is 3.39. The number of amides is 1. The highest BCUT2D eigenvalue weighted by molar-refractivity contribution is 7.91. The quantitative estimate of drug-likeness (QED) is 0.353. The lowest BCUT2D eigenvalue weighted by Gasteiger charge is -2.42. The van der Waals surface area contributed by atoms with Crippen LogP contribution in [0.4, 0.5) is 0 Å². The Hall–Kier alpha value is -2.33. The maximum Gasteiger partial charge on any atom is 0.280 e. The summed E-state index contributed by atoms with van der Waals surface area (Å²) in [7, 11) is -2.99. The number of benzene rings is 2. The highest BCUT2D eigenvalue weighted by Gasteiger charge is 2.31. The number of aromatic nitrogens is 1. The van der Waals surface area contributed by atoms with Crippen molar-refractivity contribution in [2.75, 3.05) is 31.3 Å². The van der Waals surface area contributed by atoms with Gasteiger partial charge in [-0.15, -0.1) is 11.3 Å². The summed E-state index contributed by atoms with van der Waals surface area (Å²) < 4.78 is 29.5. The standard InChI is InChI=1S/C33H43N3O4S2/c1-33(2)22-40-17-16-36(33)21-24-12-13-28(27-11-7-6-10-26(24)27)30-29(20-23-8-4-3-5-9-23)35-32(41-30)31(37)34-25-14-18-42(38,39)19-15-25/h6-7,10-13,23,25H,3-5,8-9,14-22H2,1-2H3,(H,34,37). The number of carbonyl (C=O) groups is 1. The van der Waals surface area contributed by atoms with Crippen LogP contribution in [0, 0.1) is 5.92 Å². The van der Waals surface area contributed by atoms with E-state index in [2.05, 4.69) is 60.5 Å². The summed E-state index contributed by atoms with van der Waals surface area (Å²) in [6.07, 6.45) is 8.07. The Morgan fingerprint density at radius 3 is 2.52 bits per heavy atom. The first-order valence-electron chi connectivity index (χ1n) is 15.5. The molecule has 226 valence electrons. The fourth-order valence-corrected chi connectivity index (χ4v) is 9.36. The molecule has 3 heterocycles. The predicted octanol–water partition coefficient (Wildman–Crippen LogP) is 6.00. The van der Waals surface area contributed by atoms with Gasteiger partial charge in [0.15, 0.2) is 5.01 Å². The van der Waals surface area contributed by atoms with E-state index in [1.807, 2.05) is 0 Å². The third-order valence-electron chi connectivity index (χ3n) is 9.43. The van der Waals surface area contributed by atoms with Gasteiger partial charge in [0.1, 0.15) is 9.84 Å². The van der Waals surface area contributed by atoms with Crippen molar-refractivity contribution in [2.45, 2.75) is 83.3 Å². The number of rotatable bonds is 7. The number of ether oxygens (including phenoxy) is 1. The van der Waals surface area contributed by atoms with E-state index in [0.717, 1.165) is 48.9 Å². The average molecular weight is 610 g/mol. The van der Waals surface area contributed by atoms with Gasteiger partial charge in [0.2, 0.25) is 0 Å². The maximum absolute atomic E-state index is 13.4. The van der Waals surface area contributed by atoms with Crippen molar-refractivity contribution in [1.29, 1.82) is 0 Å². The third kappa shape index (κ3) is 6.59. The maximum atomic E-state index is 13.4. The first kappa shape index (κ1) is 29.7. The lowest BCUT2D eigenvalue weighted by Crippen LogP contribution is -2.52. The number of nitrogens with zero attached hydrogens (tertiary/aromatic N) is 2. The van der Waals surface area contributed by atoms with Crippen LogP contribution in [0.5, 0.6) is 0 Å². The molecule has 1 N–H and O–H groups in total. The van der Waals surface area contributed by atoms with Gasteiger partial charge in [-0.25, -0.2) is 13.4 Å². The molecule has 0 bridgehead atoms. The van der Waals surface area contributed by atoms with E-state index < -0.39 is 9.84 Å². The van der Waals surface area contributed by atoms with E-state index in [0.29, 0.717) is 23.8 Å². The SMILES string of the molecule is CC1(C)COCCN1Cc1ccc(-c2sc(C(=O)NC3CCS(=O)(=O)CC3)nc2CC2CCCCC2)c2ccccc12. The Kier molecular flexibility index (Phi) is 8.74. The Bertz CT molecular complexity index is 1530. The second-order valence-corrected chi connectivity index (χ2v) is 16.3. The zero-order valence-electron chi connectivity index (χ0n) is 24.9. The summed E-state index contributed by atoms with van der Waals surface area (Å²) in [5.74, 6) is 0.672. The van der Waals surface area contributed by atoms with Gasteiger partial charge >= 0.3 is 0 Å². The Morgan fingerprint density at radius 2 is 1.79 bits per heavy atom. The van der Waals surface area contributed by atoms with Crippen LogP contribution >= 0.6 is 11.3 Å². The molecular weight excluding hydrogens is 567 g/mol. The summed E-state index contributed by atoms with van der Waals surface area (Å²) in [6, 6.07) is 13.0. The van der Waals surface area contributed by atoms with Crippen LogP contribution in [-0.2, 0) is 27.5 Å². The lowest BCUT2D eigenvalue weighted by molar-refractivity contribution is -0.0551. The van der Waals surface area contributed by atoms with E-state index >= 15 is 0 Å². The van der Waals surface area contributed by atoms with Crippen molar-refractivity contribution in [3.05, 3.63) is 52.7 Å². The lowest BCUT2D eigenvalue weighted by atomic mass is 9.85. The second-order valence-electron chi connectivity index (χ2n) is 13.0. The van der Waals surface area contributed by atoms with Gasteiger partial charge in [-0.05, 0) is 55.4 Å². The topological polar surface area (TPSA) is 88.6 Å². The van der Waals surface area contributed by atoms with Crippen molar-refractivity contribution in [1.82, 2.24) is 15.2 Å². The van der Waals surface area contributed by atoms with Crippen LogP contribution in [0.3, 0.4) is 0 Å². The third-order valence-corrected chi connectivity index (χ3v) is 12.3. The molecule has 1 aliphatic carbocycles. The van der Waals surface area contributed by atoms with E-state index in [1.165, 1.54) is 59.8 Å². The van der Waals surface area contributed by atoms with Crippen molar-refractivity contribution in [3.63, 3.8) is 0 Å². The van der Waals surface area contributed by atoms with Crippen LogP contribution in [-0.4, -0.2) is 67.1 Å². The summed E-state index contributed by atoms with van der Waals surface area (Å²) in [5, 5.41) is 6.01. The van der Waals surface area contributed by atoms with Gasteiger partial charge in [-0.3, -0.25) is 9.69 Å². The molecule has 3 aromatic rings. The van der Waals surface area contributed by atoms with E-state index in [-0.39, 0.29) is 29.0 Å². The minimum atomic E-state index is -2.99. The number of nitrogens with one attached hydrogen (secondary N) is 1. The number of carbonyl (C=O) groups excluding carboxylic acids is 1. The zero-order valence-corrected chi connectivity index (χ0v) is 26.5. The molecule has 42 heavy (non-hydrogen) atoms. The molecule has 3 fully saturated rings. The highest BCUT2D eigenvalue weighted by atomic mass is 32.2. The van der Waals surface area contributed by atoms with Crippen molar-refractivity contribution in [3.8, 4) is 10.4 Å². The van der Waals surface area contributed by atoms with Gasteiger partial charge in [0, 0.05) is 30.2 Å². The summed E-state index contributed by atoms with van der Waals surface area (Å²) >= 11 is 1.49. The van der Waals surface area contributed by atoms with Crippen LogP contribution in [0.15, 0.2) is 36.4 Å². The number of fused-ring (bicyclic) bond motifs is 1. The minimum Gasteiger partial charge on any atom is -0.378 e. The minimum absolute atomic E-state index is 0.0202. The largest absolute Gasteiger partial charge is 0.378 e. The molecule has 9 heteroatoms. The zero-order chi connectivity index (χ0) is 29.3. The van der Waals surface area contributed by atoms with Gasteiger partial charge < -0.3 is 10.1 Å². The van der Waals surface area contributed by atoms with E-state index in [4.69, 9.17) is 9.72 Å². The van der Waals surface area contributed by atoms with Crippen LogP contribution in [0.2, 0.25) is 0 Å². The summed E-state index contributed by atoms with van der Waals surface area (Å²) in [4.78, 5) is 22.0. The second kappa shape index (κ2) is 12.3. The molecule has 0 unspecified atom stereocenters. The number of hydrogen-bond donors (Lipinski definition) is 1. The first-order chi connectivity index (χ1) is 20.2. The molecule has 6 rings (SSSR count). The van der Waals surface area contributed by atoms with Gasteiger partial charge in [0.05, 0.1) is 35.3 Å².